The first-order chi connectivity index (χ1) is 13.5. The van der Waals surface area contributed by atoms with Crippen LogP contribution in [0.15, 0.2) is 47.4 Å². The number of carbonyl (C=O) groups excluding carboxylic acids is 2. The van der Waals surface area contributed by atoms with Crippen LogP contribution in [0.2, 0.25) is 0 Å². The number of hydrogen-bond donors (Lipinski definition) is 1. The van der Waals surface area contributed by atoms with Gasteiger partial charge in [0.25, 0.3) is 5.91 Å². The van der Waals surface area contributed by atoms with Gasteiger partial charge in [0.2, 0.25) is 0 Å². The lowest BCUT2D eigenvalue weighted by Crippen LogP contribution is -2.30. The van der Waals surface area contributed by atoms with E-state index in [0.717, 1.165) is 5.56 Å². The topological polar surface area (TPSA) is 90.9 Å². The maximum absolute atomic E-state index is 12.1. The van der Waals surface area contributed by atoms with E-state index < -0.39 is 29.3 Å². The Labute approximate surface area is 166 Å². The number of methoxy groups -OCH3 is 2. The van der Waals surface area contributed by atoms with Crippen LogP contribution in [0.5, 0.6) is 11.5 Å². The Balaban J connectivity index is 1.82. The summed E-state index contributed by atoms with van der Waals surface area (Å²) >= 11 is 0. The predicted octanol–water partition coefficient (Wildman–Crippen LogP) is 1.96. The molecule has 2 aromatic rings. The second kappa shape index (κ2) is 10.5. The highest BCUT2D eigenvalue weighted by Gasteiger charge is 2.16. The highest BCUT2D eigenvalue weighted by molar-refractivity contribution is 7.84. The van der Waals surface area contributed by atoms with Crippen LogP contribution < -0.4 is 14.8 Å². The highest BCUT2D eigenvalue weighted by atomic mass is 32.2. The molecule has 0 saturated heterocycles. The van der Waals surface area contributed by atoms with Gasteiger partial charge in [-0.25, -0.2) is 4.79 Å². The second-order valence-electron chi connectivity index (χ2n) is 5.82. The van der Waals surface area contributed by atoms with Crippen molar-refractivity contribution in [2.45, 2.75) is 11.3 Å². The van der Waals surface area contributed by atoms with Gasteiger partial charge in [0.15, 0.2) is 18.1 Å². The maximum Gasteiger partial charge on any atom is 0.339 e. The zero-order chi connectivity index (χ0) is 20.5. The van der Waals surface area contributed by atoms with Crippen molar-refractivity contribution in [2.75, 3.05) is 33.6 Å². The summed E-state index contributed by atoms with van der Waals surface area (Å²) < 4.78 is 27.1. The van der Waals surface area contributed by atoms with Crippen molar-refractivity contribution >= 4 is 22.7 Å². The molecule has 7 nitrogen and oxygen atoms in total. The molecule has 2 aromatic carbocycles. The molecule has 2 rings (SSSR count). The van der Waals surface area contributed by atoms with Gasteiger partial charge in [-0.2, -0.15) is 0 Å². The zero-order valence-electron chi connectivity index (χ0n) is 16.0. The summed E-state index contributed by atoms with van der Waals surface area (Å²) in [6.07, 6.45) is 2.06. The Bertz CT molecular complexity index is 868. The maximum atomic E-state index is 12.1. The standard InChI is InChI=1S/C20H23NO6S/c1-25-16-9-8-14(12-17(16)26-2)10-11-21-19(22)13-27-20(23)15-6-4-5-7-18(15)28(3)24/h4-9,12H,10-11,13H2,1-3H3,(H,21,22)/t28-/m1/s1. The van der Waals surface area contributed by atoms with E-state index in [1.54, 1.807) is 38.5 Å². The van der Waals surface area contributed by atoms with Crippen LogP contribution in [-0.2, 0) is 26.8 Å². The van der Waals surface area contributed by atoms with Gasteiger partial charge in [-0.15, -0.1) is 0 Å². The number of esters is 1. The lowest BCUT2D eigenvalue weighted by molar-refractivity contribution is -0.124. The van der Waals surface area contributed by atoms with Crippen molar-refractivity contribution in [2.24, 2.45) is 0 Å². The summed E-state index contributed by atoms with van der Waals surface area (Å²) in [7, 11) is 1.80. The van der Waals surface area contributed by atoms with Gasteiger partial charge in [-0.3, -0.25) is 9.00 Å². The van der Waals surface area contributed by atoms with Crippen molar-refractivity contribution in [3.05, 3.63) is 53.6 Å². The van der Waals surface area contributed by atoms with E-state index in [-0.39, 0.29) is 5.56 Å². The lowest BCUT2D eigenvalue weighted by atomic mass is 10.1. The van der Waals surface area contributed by atoms with Gasteiger partial charge in [0.1, 0.15) is 0 Å². The molecule has 0 aromatic heterocycles. The van der Waals surface area contributed by atoms with Crippen LogP contribution >= 0.6 is 0 Å². The molecule has 1 atom stereocenters. The minimum Gasteiger partial charge on any atom is -0.493 e. The summed E-state index contributed by atoms with van der Waals surface area (Å²) in [6, 6.07) is 12.0. The summed E-state index contributed by atoms with van der Waals surface area (Å²) in [5, 5.41) is 2.69. The van der Waals surface area contributed by atoms with Crippen LogP contribution in [0.3, 0.4) is 0 Å². The third-order valence-electron chi connectivity index (χ3n) is 3.93. The van der Waals surface area contributed by atoms with Crippen LogP contribution in [-0.4, -0.2) is 49.7 Å². The number of ether oxygens (including phenoxy) is 3. The van der Waals surface area contributed by atoms with Crippen molar-refractivity contribution in [3.63, 3.8) is 0 Å². The number of rotatable bonds is 9. The molecule has 0 spiro atoms. The highest BCUT2D eigenvalue weighted by Crippen LogP contribution is 2.27. The van der Waals surface area contributed by atoms with E-state index in [1.165, 1.54) is 12.3 Å². The smallest absolute Gasteiger partial charge is 0.339 e. The molecule has 0 aliphatic carbocycles. The SMILES string of the molecule is COc1ccc(CCNC(=O)COC(=O)c2ccccc2[S@@](C)=O)cc1OC. The fourth-order valence-electron chi connectivity index (χ4n) is 2.53. The molecule has 1 N–H and O–H groups in total. The molecule has 28 heavy (non-hydrogen) atoms. The van der Waals surface area contributed by atoms with Gasteiger partial charge >= 0.3 is 5.97 Å². The molecule has 0 fully saturated rings. The van der Waals surface area contributed by atoms with E-state index in [4.69, 9.17) is 14.2 Å². The molecule has 0 saturated carbocycles. The van der Waals surface area contributed by atoms with Crippen molar-refractivity contribution in [1.29, 1.82) is 0 Å². The monoisotopic (exact) mass is 405 g/mol. The first-order valence-electron chi connectivity index (χ1n) is 8.53. The largest absolute Gasteiger partial charge is 0.493 e. The fraction of sp³-hybridized carbons (Fsp3) is 0.300. The Morgan fingerprint density at radius 2 is 1.75 bits per heavy atom. The van der Waals surface area contributed by atoms with E-state index in [0.29, 0.717) is 29.4 Å². The molecular weight excluding hydrogens is 382 g/mol. The quantitative estimate of drug-likeness (QED) is 0.642. The minimum atomic E-state index is -1.33. The first-order valence-corrected chi connectivity index (χ1v) is 10.1. The van der Waals surface area contributed by atoms with Crippen LogP contribution in [0.1, 0.15) is 15.9 Å². The summed E-state index contributed by atoms with van der Waals surface area (Å²) in [5.74, 6) is 0.160. The fourth-order valence-corrected chi connectivity index (χ4v) is 3.26. The number of hydrogen-bond acceptors (Lipinski definition) is 6. The normalized spacial score (nSPS) is 11.4. The molecule has 150 valence electrons. The zero-order valence-corrected chi connectivity index (χ0v) is 16.8. The Kier molecular flexibility index (Phi) is 8.01. The molecular formula is C20H23NO6S. The molecule has 0 heterocycles. The van der Waals surface area contributed by atoms with Crippen molar-refractivity contribution in [1.82, 2.24) is 5.32 Å². The van der Waals surface area contributed by atoms with E-state index in [2.05, 4.69) is 5.32 Å². The molecule has 0 bridgehead atoms. The number of benzene rings is 2. The van der Waals surface area contributed by atoms with E-state index in [9.17, 15) is 13.8 Å². The number of nitrogens with one attached hydrogen (secondary N) is 1. The molecule has 0 unspecified atom stereocenters. The average molecular weight is 405 g/mol. The molecule has 0 radical (unpaired) electrons. The lowest BCUT2D eigenvalue weighted by Gasteiger charge is -2.10. The third-order valence-corrected chi connectivity index (χ3v) is 4.91. The van der Waals surface area contributed by atoms with Gasteiger partial charge in [-0.1, -0.05) is 18.2 Å². The van der Waals surface area contributed by atoms with E-state index in [1.807, 2.05) is 12.1 Å². The minimum absolute atomic E-state index is 0.196. The van der Waals surface area contributed by atoms with Gasteiger partial charge in [-0.05, 0) is 36.2 Å². The molecule has 8 heteroatoms. The summed E-state index contributed by atoms with van der Waals surface area (Å²) in [6.45, 7) is -0.0309. The van der Waals surface area contributed by atoms with Crippen LogP contribution in [0, 0.1) is 0 Å². The van der Waals surface area contributed by atoms with Crippen LogP contribution in [0.4, 0.5) is 0 Å². The predicted molar refractivity (Wildman–Crippen MR) is 105 cm³/mol. The molecule has 0 aliphatic rings. The van der Waals surface area contributed by atoms with Gasteiger partial charge < -0.3 is 19.5 Å². The van der Waals surface area contributed by atoms with Gasteiger partial charge in [0.05, 0.1) is 35.5 Å². The van der Waals surface area contributed by atoms with Crippen molar-refractivity contribution < 1.29 is 28.0 Å². The molecule has 1 amide bonds. The average Bonchev–Trinajstić information content (AvgIpc) is 2.71. The van der Waals surface area contributed by atoms with Crippen LogP contribution in [0.25, 0.3) is 0 Å². The summed E-state index contributed by atoms with van der Waals surface area (Å²) in [5.41, 5.74) is 1.16. The second-order valence-corrected chi connectivity index (χ2v) is 7.16. The number of carbonyl (C=O) groups is 2. The Hall–Kier alpha value is -2.87. The third kappa shape index (κ3) is 5.82. The molecule has 0 aliphatic heterocycles. The first kappa shape index (κ1) is 21.4. The van der Waals surface area contributed by atoms with E-state index >= 15 is 0 Å². The number of amides is 1. The van der Waals surface area contributed by atoms with Gasteiger partial charge in [0, 0.05) is 12.8 Å². The van der Waals surface area contributed by atoms with Crippen molar-refractivity contribution in [3.8, 4) is 11.5 Å². The Morgan fingerprint density at radius 1 is 1.04 bits per heavy atom. The Morgan fingerprint density at radius 3 is 2.43 bits per heavy atom. The summed E-state index contributed by atoms with van der Waals surface area (Å²) in [4.78, 5) is 24.4.